The first-order valence-corrected chi connectivity index (χ1v) is 7.05. The molecule has 0 amide bonds. The molecule has 1 aliphatic carbocycles. The van der Waals surface area contributed by atoms with Gasteiger partial charge in [0.25, 0.3) is 0 Å². The number of benzene rings is 1. The number of aryl methyl sites for hydroxylation is 2. The summed E-state index contributed by atoms with van der Waals surface area (Å²) >= 11 is 0. The fourth-order valence-electron chi connectivity index (χ4n) is 3.13. The van der Waals surface area contributed by atoms with Gasteiger partial charge in [-0.15, -0.1) is 0 Å². The Balaban J connectivity index is 2.16. The molecule has 2 atom stereocenters. The fourth-order valence-corrected chi connectivity index (χ4v) is 3.13. The van der Waals surface area contributed by atoms with Crippen LogP contribution in [0.4, 0.5) is 13.2 Å². The second-order valence-corrected chi connectivity index (χ2v) is 6.17. The van der Waals surface area contributed by atoms with E-state index in [0.29, 0.717) is 19.3 Å². The van der Waals surface area contributed by atoms with Gasteiger partial charge in [0.1, 0.15) is 0 Å². The highest BCUT2D eigenvalue weighted by Crippen LogP contribution is 2.43. The summed E-state index contributed by atoms with van der Waals surface area (Å²) in [7, 11) is 0. The van der Waals surface area contributed by atoms with E-state index < -0.39 is 17.7 Å². The van der Waals surface area contributed by atoms with E-state index in [2.05, 4.69) is 0 Å². The van der Waals surface area contributed by atoms with Crippen molar-refractivity contribution in [2.75, 3.05) is 0 Å². The lowest BCUT2D eigenvalue weighted by Crippen LogP contribution is -2.42. The monoisotopic (exact) mass is 286 g/mol. The van der Waals surface area contributed by atoms with E-state index in [1.807, 2.05) is 32.0 Å². The van der Waals surface area contributed by atoms with Gasteiger partial charge in [0.15, 0.2) is 0 Å². The molecule has 0 bridgehead atoms. The summed E-state index contributed by atoms with van der Waals surface area (Å²) in [6.07, 6.45) is -3.04. The Bertz CT molecular complexity index is 481. The minimum Gasteiger partial charge on any atom is -0.390 e. The largest absolute Gasteiger partial charge is 0.391 e. The predicted octanol–water partition coefficient (Wildman–Crippen LogP) is 4.33. The van der Waals surface area contributed by atoms with Gasteiger partial charge in [-0.3, -0.25) is 0 Å². The maximum Gasteiger partial charge on any atom is 0.391 e. The normalized spacial score (nSPS) is 27.6. The average molecular weight is 286 g/mol. The van der Waals surface area contributed by atoms with E-state index in [0.717, 1.165) is 16.7 Å². The van der Waals surface area contributed by atoms with Crippen LogP contribution < -0.4 is 0 Å². The van der Waals surface area contributed by atoms with E-state index in [4.69, 9.17) is 0 Å². The number of aliphatic hydroxyl groups is 1. The molecule has 2 rings (SSSR count). The Labute approximate surface area is 117 Å². The highest BCUT2D eigenvalue weighted by Gasteiger charge is 2.46. The van der Waals surface area contributed by atoms with Crippen molar-refractivity contribution in [3.8, 4) is 0 Å². The first-order valence-electron chi connectivity index (χ1n) is 7.05. The van der Waals surface area contributed by atoms with Crippen LogP contribution in [0.5, 0.6) is 0 Å². The summed E-state index contributed by atoms with van der Waals surface area (Å²) in [5, 5.41) is 10.6. The Morgan fingerprint density at radius 1 is 1.30 bits per heavy atom. The smallest absolute Gasteiger partial charge is 0.390 e. The van der Waals surface area contributed by atoms with E-state index in [-0.39, 0.29) is 12.8 Å². The Kier molecular flexibility index (Phi) is 4.14. The van der Waals surface area contributed by atoms with Gasteiger partial charge in [0.05, 0.1) is 11.5 Å². The molecule has 1 aliphatic rings. The Morgan fingerprint density at radius 2 is 2.00 bits per heavy atom. The first kappa shape index (κ1) is 15.4. The summed E-state index contributed by atoms with van der Waals surface area (Å²) in [5.41, 5.74) is 1.82. The van der Waals surface area contributed by atoms with Crippen LogP contribution in [0.3, 0.4) is 0 Å². The van der Waals surface area contributed by atoms with Crippen LogP contribution in [0.15, 0.2) is 18.2 Å². The zero-order valence-electron chi connectivity index (χ0n) is 11.9. The SMILES string of the molecule is Cc1ccc(C)c(CC2(O)CCCC(C(F)(F)F)C2)c1. The van der Waals surface area contributed by atoms with Gasteiger partial charge in [-0.1, -0.05) is 23.8 Å². The zero-order chi connectivity index (χ0) is 15.0. The van der Waals surface area contributed by atoms with E-state index >= 15 is 0 Å². The zero-order valence-corrected chi connectivity index (χ0v) is 11.9. The van der Waals surface area contributed by atoms with Crippen LogP contribution in [0.25, 0.3) is 0 Å². The van der Waals surface area contributed by atoms with Crippen molar-refractivity contribution in [1.82, 2.24) is 0 Å². The number of rotatable bonds is 2. The average Bonchev–Trinajstić information content (AvgIpc) is 2.32. The predicted molar refractivity (Wildman–Crippen MR) is 72.6 cm³/mol. The fraction of sp³-hybridized carbons (Fsp3) is 0.625. The summed E-state index contributed by atoms with van der Waals surface area (Å²) in [6, 6.07) is 5.89. The van der Waals surface area contributed by atoms with Crippen molar-refractivity contribution >= 4 is 0 Å². The van der Waals surface area contributed by atoms with Crippen LogP contribution in [-0.2, 0) is 6.42 Å². The molecule has 1 fully saturated rings. The summed E-state index contributed by atoms with van der Waals surface area (Å²) in [4.78, 5) is 0. The van der Waals surface area contributed by atoms with Crippen LogP contribution in [0, 0.1) is 19.8 Å². The quantitative estimate of drug-likeness (QED) is 0.858. The molecule has 112 valence electrons. The van der Waals surface area contributed by atoms with E-state index in [9.17, 15) is 18.3 Å². The standard InChI is InChI=1S/C16H21F3O/c1-11-5-6-12(2)13(8-11)9-15(20)7-3-4-14(10-15)16(17,18)19/h5-6,8,14,20H,3-4,7,9-10H2,1-2H3. The molecule has 1 aromatic carbocycles. The molecule has 0 spiro atoms. The second kappa shape index (κ2) is 5.40. The number of hydrogen-bond acceptors (Lipinski definition) is 1. The van der Waals surface area contributed by atoms with Crippen molar-refractivity contribution in [2.45, 2.75) is 57.7 Å². The van der Waals surface area contributed by atoms with Crippen molar-refractivity contribution in [3.63, 3.8) is 0 Å². The molecule has 1 N–H and O–H groups in total. The van der Waals surface area contributed by atoms with Gasteiger partial charge >= 0.3 is 6.18 Å². The lowest BCUT2D eigenvalue weighted by atomic mass is 9.74. The molecule has 0 saturated heterocycles. The topological polar surface area (TPSA) is 20.2 Å². The summed E-state index contributed by atoms with van der Waals surface area (Å²) in [6.45, 7) is 3.88. The second-order valence-electron chi connectivity index (χ2n) is 6.17. The van der Waals surface area contributed by atoms with Gasteiger partial charge in [-0.05, 0) is 50.7 Å². The van der Waals surface area contributed by atoms with Crippen molar-refractivity contribution in [1.29, 1.82) is 0 Å². The van der Waals surface area contributed by atoms with Crippen LogP contribution in [0.2, 0.25) is 0 Å². The third-order valence-corrected chi connectivity index (χ3v) is 4.31. The number of alkyl halides is 3. The molecular weight excluding hydrogens is 265 g/mol. The molecular formula is C16H21F3O. The molecule has 0 heterocycles. The molecule has 0 radical (unpaired) electrons. The lowest BCUT2D eigenvalue weighted by Gasteiger charge is -2.38. The van der Waals surface area contributed by atoms with Crippen molar-refractivity contribution < 1.29 is 18.3 Å². The molecule has 4 heteroatoms. The van der Waals surface area contributed by atoms with Gasteiger partial charge in [0.2, 0.25) is 0 Å². The maximum absolute atomic E-state index is 12.9. The number of hydrogen-bond donors (Lipinski definition) is 1. The van der Waals surface area contributed by atoms with Gasteiger partial charge in [-0.2, -0.15) is 13.2 Å². The minimum atomic E-state index is -4.20. The third-order valence-electron chi connectivity index (χ3n) is 4.31. The van der Waals surface area contributed by atoms with Crippen molar-refractivity contribution in [2.24, 2.45) is 5.92 Å². The molecule has 0 aliphatic heterocycles. The van der Waals surface area contributed by atoms with Crippen LogP contribution in [0.1, 0.15) is 42.4 Å². The molecule has 1 saturated carbocycles. The molecule has 1 aromatic rings. The summed E-state index contributed by atoms with van der Waals surface area (Å²) < 4.78 is 38.6. The molecule has 20 heavy (non-hydrogen) atoms. The summed E-state index contributed by atoms with van der Waals surface area (Å²) in [5.74, 6) is -1.37. The van der Waals surface area contributed by atoms with Crippen LogP contribution in [-0.4, -0.2) is 16.9 Å². The van der Waals surface area contributed by atoms with Crippen LogP contribution >= 0.6 is 0 Å². The first-order chi connectivity index (χ1) is 9.20. The minimum absolute atomic E-state index is 0.138. The van der Waals surface area contributed by atoms with Gasteiger partial charge in [-0.25, -0.2) is 0 Å². The third kappa shape index (κ3) is 3.54. The molecule has 0 aromatic heterocycles. The number of halogens is 3. The highest BCUT2D eigenvalue weighted by atomic mass is 19.4. The Hall–Kier alpha value is -1.03. The maximum atomic E-state index is 12.9. The molecule has 2 unspecified atom stereocenters. The van der Waals surface area contributed by atoms with Gasteiger partial charge < -0.3 is 5.11 Å². The molecule has 1 nitrogen and oxygen atoms in total. The lowest BCUT2D eigenvalue weighted by molar-refractivity contribution is -0.200. The Morgan fingerprint density at radius 3 is 2.65 bits per heavy atom. The van der Waals surface area contributed by atoms with E-state index in [1.54, 1.807) is 0 Å². The highest BCUT2D eigenvalue weighted by molar-refractivity contribution is 5.31. The van der Waals surface area contributed by atoms with E-state index in [1.165, 1.54) is 0 Å². The van der Waals surface area contributed by atoms with Crippen molar-refractivity contribution in [3.05, 3.63) is 34.9 Å². The van der Waals surface area contributed by atoms with Gasteiger partial charge in [0, 0.05) is 6.42 Å².